The predicted octanol–water partition coefficient (Wildman–Crippen LogP) is 3.27. The summed E-state index contributed by atoms with van der Waals surface area (Å²) in [4.78, 5) is 53.2. The van der Waals surface area contributed by atoms with Crippen LogP contribution in [0.3, 0.4) is 0 Å². The van der Waals surface area contributed by atoms with Gasteiger partial charge in [-0.05, 0) is 49.8 Å². The summed E-state index contributed by atoms with van der Waals surface area (Å²) in [5.41, 5.74) is 1.32. The zero-order valence-electron chi connectivity index (χ0n) is 20.7. The third kappa shape index (κ3) is 4.29. The number of nitrogens with one attached hydrogen (secondary N) is 1. The number of rotatable bonds is 5. The summed E-state index contributed by atoms with van der Waals surface area (Å²) in [6.45, 7) is 0.211. The minimum absolute atomic E-state index is 0.284. The van der Waals surface area contributed by atoms with Crippen molar-refractivity contribution in [3.63, 3.8) is 0 Å². The number of anilines is 1. The molecular weight excluding hydrogens is 463 g/mol. The first-order valence-electron chi connectivity index (χ1n) is 12.5. The van der Waals surface area contributed by atoms with Crippen molar-refractivity contribution in [1.29, 1.82) is 0 Å². The number of amides is 4. The fraction of sp³-hybridized carbons (Fsp3) is 0.500. The van der Waals surface area contributed by atoms with Crippen LogP contribution >= 0.6 is 0 Å². The number of urea groups is 1. The minimum Gasteiger partial charge on any atom is -0.347 e. The lowest BCUT2D eigenvalue weighted by Crippen LogP contribution is -2.47. The molecule has 1 saturated carbocycles. The van der Waals surface area contributed by atoms with E-state index in [-0.39, 0.29) is 30.2 Å². The van der Waals surface area contributed by atoms with Crippen LogP contribution < -0.4 is 10.2 Å². The molecule has 1 spiro atoms. The summed E-state index contributed by atoms with van der Waals surface area (Å²) >= 11 is 0. The van der Waals surface area contributed by atoms with Gasteiger partial charge in [0.05, 0.1) is 11.7 Å². The maximum atomic E-state index is 13.6. The molecule has 1 aliphatic carbocycles. The molecule has 36 heavy (non-hydrogen) atoms. The van der Waals surface area contributed by atoms with Gasteiger partial charge in [0.1, 0.15) is 17.9 Å². The molecule has 1 atom stereocenters. The molecule has 190 valence electrons. The first kappa shape index (κ1) is 24.1. The second-order valence-corrected chi connectivity index (χ2v) is 10.1. The van der Waals surface area contributed by atoms with Gasteiger partial charge in [-0.25, -0.2) is 19.2 Å². The van der Waals surface area contributed by atoms with E-state index in [1.807, 2.05) is 14.1 Å². The van der Waals surface area contributed by atoms with Gasteiger partial charge in [-0.1, -0.05) is 25.0 Å². The summed E-state index contributed by atoms with van der Waals surface area (Å²) < 4.78 is 13.6. The minimum atomic E-state index is -0.846. The lowest BCUT2D eigenvalue weighted by molar-refractivity contribution is -0.141. The van der Waals surface area contributed by atoms with Crippen molar-refractivity contribution in [3.05, 3.63) is 42.0 Å². The molecule has 2 aliphatic heterocycles. The molecule has 4 amide bonds. The van der Waals surface area contributed by atoms with Gasteiger partial charge in [-0.2, -0.15) is 0 Å². The molecule has 3 heterocycles. The van der Waals surface area contributed by atoms with Crippen LogP contribution in [0, 0.1) is 5.82 Å². The smallest absolute Gasteiger partial charge is 0.325 e. The molecule has 0 unspecified atom stereocenters. The lowest BCUT2D eigenvalue weighted by Gasteiger charge is -2.37. The van der Waals surface area contributed by atoms with Crippen molar-refractivity contribution in [2.24, 2.45) is 0 Å². The highest BCUT2D eigenvalue weighted by Crippen LogP contribution is 2.38. The summed E-state index contributed by atoms with van der Waals surface area (Å²) in [6.07, 6.45) is 7.13. The number of likely N-dealkylation sites (tertiary alicyclic amines) is 1. The Morgan fingerprint density at radius 1 is 1.14 bits per heavy atom. The van der Waals surface area contributed by atoms with Gasteiger partial charge >= 0.3 is 6.03 Å². The van der Waals surface area contributed by atoms with Crippen LogP contribution in [-0.2, 0) is 9.59 Å². The SMILES string of the molecule is CN(C)c1ncc(-c2ccc(F)cc2)c([C@H]2CCCCN2C(=O)CN2C(=O)NC3(CCCC3)C2=O)n1. The van der Waals surface area contributed by atoms with Crippen molar-refractivity contribution in [2.75, 3.05) is 32.1 Å². The number of imide groups is 1. The average Bonchev–Trinajstić information content (AvgIpc) is 3.44. The van der Waals surface area contributed by atoms with E-state index in [2.05, 4.69) is 10.3 Å². The Balaban J connectivity index is 1.46. The first-order chi connectivity index (χ1) is 17.3. The van der Waals surface area contributed by atoms with Gasteiger partial charge in [0, 0.05) is 32.4 Å². The quantitative estimate of drug-likeness (QED) is 0.641. The van der Waals surface area contributed by atoms with Gasteiger partial charge in [-0.15, -0.1) is 0 Å². The van der Waals surface area contributed by atoms with Gasteiger partial charge in [0.25, 0.3) is 5.91 Å². The summed E-state index contributed by atoms with van der Waals surface area (Å²) in [5, 5.41) is 2.85. The number of carbonyl (C=O) groups is 3. The molecule has 3 aliphatic rings. The highest BCUT2D eigenvalue weighted by Gasteiger charge is 2.53. The number of aromatic nitrogens is 2. The number of piperidine rings is 1. The van der Waals surface area contributed by atoms with Crippen molar-refractivity contribution in [1.82, 2.24) is 25.1 Å². The number of nitrogens with zero attached hydrogens (tertiary/aromatic N) is 5. The summed E-state index contributed by atoms with van der Waals surface area (Å²) in [6, 6.07) is 5.28. The van der Waals surface area contributed by atoms with Crippen molar-refractivity contribution in [2.45, 2.75) is 56.5 Å². The third-order valence-electron chi connectivity index (χ3n) is 7.50. The molecule has 10 heteroatoms. The number of carbonyl (C=O) groups excluding carboxylic acids is 3. The summed E-state index contributed by atoms with van der Waals surface area (Å²) in [7, 11) is 3.69. The standard InChI is InChI=1S/C26H31FN6O3/c1-31(2)24-28-15-19(17-8-10-18(27)11-9-17)22(29-24)20-7-3-6-14-32(20)21(34)16-33-23(35)26(30-25(33)36)12-4-5-13-26/h8-11,15,20H,3-7,12-14,16H2,1-2H3,(H,30,36)/t20-/m1/s1. The maximum Gasteiger partial charge on any atom is 0.325 e. The molecule has 1 aromatic heterocycles. The van der Waals surface area contributed by atoms with Crippen LogP contribution in [-0.4, -0.2) is 70.3 Å². The molecule has 2 aromatic rings. The van der Waals surface area contributed by atoms with E-state index in [1.54, 1.807) is 28.1 Å². The van der Waals surface area contributed by atoms with E-state index in [9.17, 15) is 18.8 Å². The monoisotopic (exact) mass is 494 g/mol. The number of benzene rings is 1. The Morgan fingerprint density at radius 3 is 2.56 bits per heavy atom. The lowest BCUT2D eigenvalue weighted by atomic mass is 9.93. The molecule has 5 rings (SSSR count). The van der Waals surface area contributed by atoms with E-state index in [0.717, 1.165) is 41.7 Å². The number of hydrogen-bond acceptors (Lipinski definition) is 6. The number of halogens is 1. The Morgan fingerprint density at radius 2 is 1.86 bits per heavy atom. The van der Waals surface area contributed by atoms with E-state index in [0.29, 0.717) is 37.4 Å². The molecule has 0 bridgehead atoms. The topological polar surface area (TPSA) is 98.7 Å². The molecular formula is C26H31FN6O3. The Labute approximate surface area is 209 Å². The largest absolute Gasteiger partial charge is 0.347 e. The number of hydrogen-bond donors (Lipinski definition) is 1. The zero-order chi connectivity index (χ0) is 25.4. The highest BCUT2D eigenvalue weighted by atomic mass is 19.1. The molecule has 0 radical (unpaired) electrons. The van der Waals surface area contributed by atoms with E-state index < -0.39 is 11.6 Å². The van der Waals surface area contributed by atoms with Crippen LogP contribution in [0.2, 0.25) is 0 Å². The molecule has 1 N–H and O–H groups in total. The van der Waals surface area contributed by atoms with Gasteiger partial charge < -0.3 is 15.1 Å². The van der Waals surface area contributed by atoms with E-state index in [4.69, 9.17) is 4.98 Å². The summed E-state index contributed by atoms with van der Waals surface area (Å²) in [5.74, 6) is -0.413. The van der Waals surface area contributed by atoms with Crippen LogP contribution in [0.1, 0.15) is 56.7 Å². The maximum absolute atomic E-state index is 13.6. The average molecular weight is 495 g/mol. The Hall–Kier alpha value is -3.56. The molecule has 1 aromatic carbocycles. The van der Waals surface area contributed by atoms with Crippen LogP contribution in [0.5, 0.6) is 0 Å². The normalized spacial score (nSPS) is 21.2. The van der Waals surface area contributed by atoms with Gasteiger partial charge in [-0.3, -0.25) is 14.5 Å². The highest BCUT2D eigenvalue weighted by molar-refractivity contribution is 6.09. The van der Waals surface area contributed by atoms with Gasteiger partial charge in [0.2, 0.25) is 11.9 Å². The van der Waals surface area contributed by atoms with Crippen LogP contribution in [0.25, 0.3) is 11.1 Å². The first-order valence-corrected chi connectivity index (χ1v) is 12.5. The Kier molecular flexibility index (Phi) is 6.36. The third-order valence-corrected chi connectivity index (χ3v) is 7.50. The molecule has 2 saturated heterocycles. The second kappa shape index (κ2) is 9.48. The van der Waals surface area contributed by atoms with Crippen molar-refractivity contribution >= 4 is 23.8 Å². The molecule has 3 fully saturated rings. The van der Waals surface area contributed by atoms with Crippen LogP contribution in [0.4, 0.5) is 15.1 Å². The zero-order valence-corrected chi connectivity index (χ0v) is 20.7. The fourth-order valence-corrected chi connectivity index (χ4v) is 5.58. The fourth-order valence-electron chi connectivity index (χ4n) is 5.58. The van der Waals surface area contributed by atoms with Crippen molar-refractivity contribution in [3.8, 4) is 11.1 Å². The Bertz CT molecular complexity index is 1180. The van der Waals surface area contributed by atoms with Crippen LogP contribution in [0.15, 0.2) is 30.5 Å². The second-order valence-electron chi connectivity index (χ2n) is 10.1. The van der Waals surface area contributed by atoms with Crippen molar-refractivity contribution < 1.29 is 18.8 Å². The molecule has 9 nitrogen and oxygen atoms in total. The van der Waals surface area contributed by atoms with E-state index >= 15 is 0 Å². The van der Waals surface area contributed by atoms with Gasteiger partial charge in [0.15, 0.2) is 0 Å². The predicted molar refractivity (Wildman–Crippen MR) is 132 cm³/mol. The van der Waals surface area contributed by atoms with E-state index in [1.165, 1.54) is 12.1 Å².